The number of hydrogen-bond acceptors (Lipinski definition) is 5. The number of thioether (sulfide) groups is 1. The molecule has 0 spiro atoms. The summed E-state index contributed by atoms with van der Waals surface area (Å²) in [5.41, 5.74) is 8.33. The highest BCUT2D eigenvalue weighted by Gasteiger charge is 2.25. The lowest BCUT2D eigenvalue weighted by molar-refractivity contribution is -0.112. The van der Waals surface area contributed by atoms with Crippen LogP contribution in [0.15, 0.2) is 47.5 Å². The Morgan fingerprint density at radius 2 is 2.15 bits per heavy atom. The summed E-state index contributed by atoms with van der Waals surface area (Å²) >= 11 is 1.35. The van der Waals surface area contributed by atoms with Crippen LogP contribution in [0.25, 0.3) is 0 Å². The fourth-order valence-electron chi connectivity index (χ4n) is 2.84. The van der Waals surface area contributed by atoms with E-state index in [-0.39, 0.29) is 11.9 Å². The standard InChI is InChI=1S/C20H23FN2O3S/c1-13(10-24-2)23-20(22)27-12-16-9-17(21)8-15-11-25-19(26-18(15)16)14-6-4-3-5-7-14/h3-9,13,19H,10-12H2,1-2H3,(H2,22,23)/t13-,19+/m0/s1. The molecule has 2 N–H and O–H groups in total. The molecule has 2 atom stereocenters. The average molecular weight is 390 g/mol. The Morgan fingerprint density at radius 3 is 2.89 bits per heavy atom. The first-order valence-corrected chi connectivity index (χ1v) is 9.65. The Hall–Kier alpha value is -2.09. The first-order valence-electron chi connectivity index (χ1n) is 8.66. The summed E-state index contributed by atoms with van der Waals surface area (Å²) in [5.74, 6) is 0.788. The molecule has 0 fully saturated rings. The number of hydrogen-bond donors (Lipinski definition) is 1. The van der Waals surface area contributed by atoms with Crippen LogP contribution in [0.2, 0.25) is 0 Å². The smallest absolute Gasteiger partial charge is 0.227 e. The summed E-state index contributed by atoms with van der Waals surface area (Å²) in [6.07, 6.45) is -0.513. The van der Waals surface area contributed by atoms with Gasteiger partial charge < -0.3 is 19.9 Å². The highest BCUT2D eigenvalue weighted by molar-refractivity contribution is 8.13. The molecule has 0 aliphatic carbocycles. The van der Waals surface area contributed by atoms with E-state index in [1.165, 1.54) is 23.9 Å². The van der Waals surface area contributed by atoms with E-state index in [2.05, 4.69) is 4.99 Å². The predicted molar refractivity (Wildman–Crippen MR) is 105 cm³/mol. The Kier molecular flexibility index (Phi) is 6.71. The number of nitrogens with zero attached hydrogens (tertiary/aromatic N) is 1. The Bertz CT molecular complexity index is 801. The number of nitrogens with two attached hydrogens (primary N) is 1. The van der Waals surface area contributed by atoms with Gasteiger partial charge in [-0.2, -0.15) is 0 Å². The molecule has 1 heterocycles. The number of fused-ring (bicyclic) bond motifs is 1. The first kappa shape index (κ1) is 19.7. The van der Waals surface area contributed by atoms with Gasteiger partial charge in [-0.3, -0.25) is 4.99 Å². The molecule has 0 saturated heterocycles. The van der Waals surface area contributed by atoms with E-state index in [0.29, 0.717) is 35.4 Å². The van der Waals surface area contributed by atoms with Crippen LogP contribution in [0.1, 0.15) is 29.9 Å². The minimum Gasteiger partial charge on any atom is -0.460 e. The molecular formula is C20H23FN2O3S. The number of rotatable bonds is 6. The molecule has 0 saturated carbocycles. The molecular weight excluding hydrogens is 367 g/mol. The summed E-state index contributed by atoms with van der Waals surface area (Å²) in [4.78, 5) is 4.35. The predicted octanol–water partition coefficient (Wildman–Crippen LogP) is 4.02. The van der Waals surface area contributed by atoms with Crippen molar-refractivity contribution in [3.8, 4) is 5.75 Å². The van der Waals surface area contributed by atoms with Crippen molar-refractivity contribution in [3.63, 3.8) is 0 Å². The molecule has 5 nitrogen and oxygen atoms in total. The van der Waals surface area contributed by atoms with Gasteiger partial charge in [0.25, 0.3) is 0 Å². The SMILES string of the molecule is COC[C@H](C)N=C(N)SCc1cc(F)cc2c1O[C@H](c1ccccc1)OC2. The van der Waals surface area contributed by atoms with Crippen molar-refractivity contribution in [1.29, 1.82) is 0 Å². The number of ether oxygens (including phenoxy) is 3. The second-order valence-electron chi connectivity index (χ2n) is 6.29. The van der Waals surface area contributed by atoms with Gasteiger partial charge in [0.15, 0.2) is 5.17 Å². The van der Waals surface area contributed by atoms with Gasteiger partial charge >= 0.3 is 0 Å². The fraction of sp³-hybridized carbons (Fsp3) is 0.350. The molecule has 0 aromatic heterocycles. The maximum atomic E-state index is 14.0. The molecule has 7 heteroatoms. The molecule has 1 aliphatic rings. The van der Waals surface area contributed by atoms with Gasteiger partial charge in [0, 0.05) is 29.6 Å². The largest absolute Gasteiger partial charge is 0.460 e. The van der Waals surface area contributed by atoms with E-state index in [4.69, 9.17) is 19.9 Å². The lowest BCUT2D eigenvalue weighted by atomic mass is 10.1. The third kappa shape index (κ3) is 5.22. The van der Waals surface area contributed by atoms with Gasteiger partial charge in [-0.25, -0.2) is 4.39 Å². The van der Waals surface area contributed by atoms with Gasteiger partial charge in [0.1, 0.15) is 11.6 Å². The molecule has 144 valence electrons. The number of benzene rings is 2. The first-order chi connectivity index (χ1) is 13.1. The van der Waals surface area contributed by atoms with Crippen LogP contribution in [0.3, 0.4) is 0 Å². The maximum Gasteiger partial charge on any atom is 0.227 e. The molecule has 2 aromatic carbocycles. The number of amidine groups is 1. The van der Waals surface area contributed by atoms with E-state index >= 15 is 0 Å². The Morgan fingerprint density at radius 1 is 1.37 bits per heavy atom. The zero-order valence-corrected chi connectivity index (χ0v) is 16.2. The maximum absolute atomic E-state index is 14.0. The number of methoxy groups -OCH3 is 1. The molecule has 27 heavy (non-hydrogen) atoms. The van der Waals surface area contributed by atoms with Crippen molar-refractivity contribution in [1.82, 2.24) is 0 Å². The molecule has 0 amide bonds. The van der Waals surface area contributed by atoms with E-state index < -0.39 is 6.29 Å². The molecule has 3 rings (SSSR count). The minimum atomic E-state index is -0.513. The van der Waals surface area contributed by atoms with Crippen LogP contribution in [0, 0.1) is 5.82 Å². The summed E-state index contributed by atoms with van der Waals surface area (Å²) in [6, 6.07) is 12.6. The Balaban J connectivity index is 1.76. The highest BCUT2D eigenvalue weighted by atomic mass is 32.2. The summed E-state index contributed by atoms with van der Waals surface area (Å²) in [7, 11) is 1.62. The van der Waals surface area contributed by atoms with Crippen molar-refractivity contribution in [2.45, 2.75) is 31.6 Å². The van der Waals surface area contributed by atoms with E-state index in [9.17, 15) is 4.39 Å². The van der Waals surface area contributed by atoms with Crippen molar-refractivity contribution < 1.29 is 18.6 Å². The van der Waals surface area contributed by atoms with Crippen molar-refractivity contribution >= 4 is 16.9 Å². The van der Waals surface area contributed by atoms with E-state index in [1.807, 2.05) is 37.3 Å². The van der Waals surface area contributed by atoms with Gasteiger partial charge in [-0.15, -0.1) is 0 Å². The lowest BCUT2D eigenvalue weighted by Gasteiger charge is -2.28. The lowest BCUT2D eigenvalue weighted by Crippen LogP contribution is -2.19. The fourth-order valence-corrected chi connectivity index (χ4v) is 3.62. The summed E-state index contributed by atoms with van der Waals surface area (Å²) < 4.78 is 30.9. The normalized spacial score (nSPS) is 17.9. The highest BCUT2D eigenvalue weighted by Crippen LogP contribution is 2.37. The van der Waals surface area contributed by atoms with Gasteiger partial charge in [0.2, 0.25) is 6.29 Å². The Labute approximate surface area is 162 Å². The average Bonchev–Trinajstić information content (AvgIpc) is 2.66. The molecule has 0 radical (unpaired) electrons. The molecule has 0 bridgehead atoms. The third-order valence-corrected chi connectivity index (χ3v) is 4.88. The van der Waals surface area contributed by atoms with E-state index in [0.717, 1.165) is 11.1 Å². The molecule has 1 aliphatic heterocycles. The van der Waals surface area contributed by atoms with Crippen LogP contribution < -0.4 is 10.5 Å². The van der Waals surface area contributed by atoms with Gasteiger partial charge in [-0.05, 0) is 19.1 Å². The van der Waals surface area contributed by atoms with Gasteiger partial charge in [0.05, 0.1) is 19.3 Å². The zero-order chi connectivity index (χ0) is 19.2. The van der Waals surface area contributed by atoms with Crippen LogP contribution >= 0.6 is 11.8 Å². The monoisotopic (exact) mass is 390 g/mol. The summed E-state index contributed by atoms with van der Waals surface area (Å²) in [5, 5.41) is 0.434. The molecule has 2 aromatic rings. The number of aliphatic imine (C=N–C) groups is 1. The van der Waals surface area contributed by atoms with E-state index in [1.54, 1.807) is 7.11 Å². The van der Waals surface area contributed by atoms with Gasteiger partial charge in [-0.1, -0.05) is 42.1 Å². The quantitative estimate of drug-likeness (QED) is 0.596. The van der Waals surface area contributed by atoms with Crippen LogP contribution in [-0.2, 0) is 21.8 Å². The third-order valence-electron chi connectivity index (χ3n) is 4.03. The van der Waals surface area contributed by atoms with Crippen molar-refractivity contribution in [3.05, 3.63) is 65.0 Å². The topological polar surface area (TPSA) is 66.1 Å². The second kappa shape index (κ2) is 9.21. The zero-order valence-electron chi connectivity index (χ0n) is 15.4. The second-order valence-corrected chi connectivity index (χ2v) is 7.28. The minimum absolute atomic E-state index is 0.0314. The molecule has 0 unspecified atom stereocenters. The van der Waals surface area contributed by atoms with Crippen molar-refractivity contribution in [2.75, 3.05) is 13.7 Å². The van der Waals surface area contributed by atoms with Crippen LogP contribution in [0.5, 0.6) is 5.75 Å². The van der Waals surface area contributed by atoms with Crippen LogP contribution in [0.4, 0.5) is 4.39 Å². The number of halogens is 1. The van der Waals surface area contributed by atoms with Crippen molar-refractivity contribution in [2.24, 2.45) is 10.7 Å². The summed E-state index contributed by atoms with van der Waals surface area (Å²) in [6.45, 7) is 2.71. The van der Waals surface area contributed by atoms with Crippen LogP contribution in [-0.4, -0.2) is 24.9 Å².